The summed E-state index contributed by atoms with van der Waals surface area (Å²) in [5.74, 6) is -3.50. The monoisotopic (exact) mass is 663 g/mol. The lowest BCUT2D eigenvalue weighted by Crippen LogP contribution is -2.47. The van der Waals surface area contributed by atoms with E-state index in [0.717, 1.165) is 23.6 Å². The van der Waals surface area contributed by atoms with Crippen molar-refractivity contribution < 1.29 is 32.2 Å². The normalized spacial score (nSPS) is 23.1. The molecular weight excluding hydrogens is 630 g/mol. The van der Waals surface area contributed by atoms with Crippen molar-refractivity contribution in [3.63, 3.8) is 0 Å². The molecule has 2 amide bonds. The fourth-order valence-electron chi connectivity index (χ4n) is 4.46. The van der Waals surface area contributed by atoms with Gasteiger partial charge < -0.3 is 31.2 Å². The highest BCUT2D eigenvalue weighted by Crippen LogP contribution is 2.53. The maximum absolute atomic E-state index is 14.1. The molecule has 3 rings (SSSR count). The molecule has 1 saturated heterocycles. The van der Waals surface area contributed by atoms with Crippen LogP contribution in [0.4, 0.5) is 18.9 Å². The molecule has 214 valence electrons. The van der Waals surface area contributed by atoms with Crippen LogP contribution in [0, 0.1) is 5.92 Å². The molecule has 0 aliphatic carbocycles. The van der Waals surface area contributed by atoms with Gasteiger partial charge in [0.05, 0.1) is 13.2 Å². The summed E-state index contributed by atoms with van der Waals surface area (Å²) in [7, 11) is 0. The zero-order valence-electron chi connectivity index (χ0n) is 21.7. The highest BCUT2D eigenvalue weighted by Gasteiger charge is 2.65. The Bertz CT molecular complexity index is 1120. The molecule has 0 bridgehead atoms. The van der Waals surface area contributed by atoms with Crippen LogP contribution in [-0.2, 0) is 20.8 Å². The number of alkyl halides is 4. The number of hydrogen-bond acceptors (Lipinski definition) is 7. The van der Waals surface area contributed by atoms with Gasteiger partial charge in [-0.25, -0.2) is 0 Å². The summed E-state index contributed by atoms with van der Waals surface area (Å²) in [5, 5.41) is 8.98. The number of primary amides is 1. The molecule has 0 saturated carbocycles. The predicted octanol–water partition coefficient (Wildman–Crippen LogP) is 3.35. The summed E-state index contributed by atoms with van der Waals surface area (Å²) < 4.78 is 54.2. The number of halogens is 4. The lowest BCUT2D eigenvalue weighted by Gasteiger charge is -2.31. The van der Waals surface area contributed by atoms with E-state index >= 15 is 0 Å². The SMILES string of the molecule is C[C@H]1[C@@H](c2ccc(CNCCOCCNCI)cc2)[C@H](C(=O)Nc2ccnc(C(N)=O)c2)O[C@@]1(C)C(F)(F)F. The van der Waals surface area contributed by atoms with E-state index < -0.39 is 41.5 Å². The molecule has 2 aromatic rings. The van der Waals surface area contributed by atoms with Crippen molar-refractivity contribution in [2.75, 3.05) is 36.2 Å². The van der Waals surface area contributed by atoms with E-state index in [-0.39, 0.29) is 11.4 Å². The zero-order chi connectivity index (χ0) is 28.6. The second kappa shape index (κ2) is 13.8. The largest absolute Gasteiger partial charge is 0.417 e. The number of nitrogens with zero attached hydrogens (tertiary/aromatic N) is 1. The lowest BCUT2D eigenvalue weighted by atomic mass is 9.77. The minimum Gasteiger partial charge on any atom is -0.379 e. The Morgan fingerprint density at radius 1 is 1.15 bits per heavy atom. The lowest BCUT2D eigenvalue weighted by molar-refractivity contribution is -0.272. The third-order valence-electron chi connectivity index (χ3n) is 6.84. The first-order valence-corrected chi connectivity index (χ1v) is 14.0. The van der Waals surface area contributed by atoms with Gasteiger partial charge in [-0.2, -0.15) is 13.2 Å². The number of hydrogen-bond donors (Lipinski definition) is 4. The van der Waals surface area contributed by atoms with E-state index in [0.29, 0.717) is 31.9 Å². The summed E-state index contributed by atoms with van der Waals surface area (Å²) in [6.45, 7) is 5.58. The van der Waals surface area contributed by atoms with Crippen molar-refractivity contribution in [3.8, 4) is 0 Å². The number of benzene rings is 1. The van der Waals surface area contributed by atoms with Crippen LogP contribution in [-0.4, -0.2) is 65.5 Å². The van der Waals surface area contributed by atoms with Gasteiger partial charge in [-0.3, -0.25) is 14.6 Å². The molecule has 1 aromatic carbocycles. The molecule has 0 unspecified atom stereocenters. The fraction of sp³-hybridized carbons (Fsp3) is 0.500. The molecule has 39 heavy (non-hydrogen) atoms. The average molecular weight is 663 g/mol. The maximum atomic E-state index is 14.1. The van der Waals surface area contributed by atoms with Gasteiger partial charge in [0.2, 0.25) is 0 Å². The van der Waals surface area contributed by atoms with Crippen molar-refractivity contribution in [1.82, 2.24) is 15.6 Å². The van der Waals surface area contributed by atoms with Gasteiger partial charge in [-0.1, -0.05) is 53.8 Å². The van der Waals surface area contributed by atoms with Gasteiger partial charge in [0.1, 0.15) is 11.8 Å². The van der Waals surface area contributed by atoms with Crippen LogP contribution in [0.3, 0.4) is 0 Å². The molecule has 1 fully saturated rings. The Morgan fingerprint density at radius 3 is 2.44 bits per heavy atom. The van der Waals surface area contributed by atoms with Crippen molar-refractivity contribution in [3.05, 3.63) is 59.4 Å². The van der Waals surface area contributed by atoms with Gasteiger partial charge in [-0.15, -0.1) is 0 Å². The maximum Gasteiger partial charge on any atom is 0.417 e. The number of nitrogens with one attached hydrogen (secondary N) is 3. The first-order valence-electron chi connectivity index (χ1n) is 12.4. The van der Waals surface area contributed by atoms with Crippen LogP contribution in [0.25, 0.3) is 0 Å². The first kappa shape index (κ1) is 31.2. The van der Waals surface area contributed by atoms with E-state index in [4.69, 9.17) is 15.2 Å². The van der Waals surface area contributed by atoms with Crippen LogP contribution >= 0.6 is 22.6 Å². The molecular formula is C26H33F3IN5O4. The predicted molar refractivity (Wildman–Crippen MR) is 148 cm³/mol. The van der Waals surface area contributed by atoms with Gasteiger partial charge in [-0.05, 0) is 30.2 Å². The molecule has 13 heteroatoms. The smallest absolute Gasteiger partial charge is 0.379 e. The number of carbonyl (C=O) groups excluding carboxylic acids is 2. The fourth-order valence-corrected chi connectivity index (χ4v) is 4.84. The molecule has 2 heterocycles. The minimum absolute atomic E-state index is 0.0887. The molecule has 1 aromatic heterocycles. The summed E-state index contributed by atoms with van der Waals surface area (Å²) in [5.41, 5.74) is 4.27. The number of anilines is 1. The number of aromatic nitrogens is 1. The Balaban J connectivity index is 1.72. The summed E-state index contributed by atoms with van der Waals surface area (Å²) in [6.07, 6.45) is -4.86. The summed E-state index contributed by atoms with van der Waals surface area (Å²) in [4.78, 5) is 28.5. The molecule has 5 N–H and O–H groups in total. The standard InChI is InChI=1S/C26H33F3IN5O4/c1-16-21(18-5-3-17(4-6-18)14-32-9-11-38-12-10-33-15-30)22(39-25(16,2)26(27,28)29)24(37)35-19-7-8-34-20(13-19)23(31)36/h3-8,13,16,21-22,32-33H,9-12,14-15H2,1-2H3,(H2,31,36)(H,34,35,37)/t16-,21-,22+,25+/m0/s1. The number of ether oxygens (including phenoxy) is 2. The Morgan fingerprint density at radius 2 is 1.82 bits per heavy atom. The van der Waals surface area contributed by atoms with Crippen LogP contribution in [0.2, 0.25) is 0 Å². The van der Waals surface area contributed by atoms with Gasteiger partial charge >= 0.3 is 6.18 Å². The molecule has 1 aliphatic heterocycles. The van der Waals surface area contributed by atoms with E-state index in [9.17, 15) is 22.8 Å². The van der Waals surface area contributed by atoms with Crippen LogP contribution < -0.4 is 21.7 Å². The van der Waals surface area contributed by atoms with Crippen molar-refractivity contribution in [2.24, 2.45) is 11.7 Å². The molecule has 9 nitrogen and oxygen atoms in total. The van der Waals surface area contributed by atoms with E-state index in [1.165, 1.54) is 25.3 Å². The second-order valence-corrected chi connectivity index (χ2v) is 10.2. The Kier molecular flexibility index (Phi) is 11.1. The van der Waals surface area contributed by atoms with E-state index in [2.05, 4.69) is 43.5 Å². The third-order valence-corrected chi connectivity index (χ3v) is 7.38. The first-order chi connectivity index (χ1) is 18.5. The number of nitrogens with two attached hydrogens (primary N) is 1. The molecule has 1 aliphatic rings. The molecule has 0 spiro atoms. The van der Waals surface area contributed by atoms with Crippen molar-refractivity contribution in [1.29, 1.82) is 0 Å². The van der Waals surface area contributed by atoms with Gasteiger partial charge in [0.15, 0.2) is 5.60 Å². The highest BCUT2D eigenvalue weighted by molar-refractivity contribution is 14.1. The van der Waals surface area contributed by atoms with Crippen molar-refractivity contribution in [2.45, 2.75) is 44.2 Å². The number of pyridine rings is 1. The van der Waals surface area contributed by atoms with Gasteiger partial charge in [0.25, 0.3) is 11.8 Å². The van der Waals surface area contributed by atoms with Crippen LogP contribution in [0.15, 0.2) is 42.6 Å². The van der Waals surface area contributed by atoms with E-state index in [1.807, 2.05) is 12.1 Å². The van der Waals surface area contributed by atoms with Crippen LogP contribution in [0.1, 0.15) is 41.4 Å². The zero-order valence-corrected chi connectivity index (χ0v) is 23.8. The topological polar surface area (TPSA) is 128 Å². The van der Waals surface area contributed by atoms with Gasteiger partial charge in [0, 0.05) is 47.9 Å². The summed E-state index contributed by atoms with van der Waals surface area (Å²) in [6, 6.07) is 9.77. The Hall–Kier alpha value is -2.33. The van der Waals surface area contributed by atoms with E-state index in [1.54, 1.807) is 12.1 Å². The van der Waals surface area contributed by atoms with Crippen molar-refractivity contribution >= 4 is 40.1 Å². The average Bonchev–Trinajstić information content (AvgIpc) is 3.18. The second-order valence-electron chi connectivity index (χ2n) is 9.41. The Labute approximate surface area is 238 Å². The third kappa shape index (κ3) is 7.87. The van der Waals surface area contributed by atoms with Crippen LogP contribution in [0.5, 0.6) is 0 Å². The summed E-state index contributed by atoms with van der Waals surface area (Å²) >= 11 is 2.23. The highest BCUT2D eigenvalue weighted by atomic mass is 127. The number of carbonyl (C=O) groups is 2. The quantitative estimate of drug-likeness (QED) is 0.112. The molecule has 0 radical (unpaired) electrons. The minimum atomic E-state index is -4.70. The number of amides is 2. The molecule has 4 atom stereocenters. The number of rotatable bonds is 13.